The number of benzene rings is 1. The molecule has 0 heterocycles. The number of rotatable bonds is 5. The van der Waals surface area contributed by atoms with Crippen molar-refractivity contribution in [1.82, 2.24) is 5.32 Å². The van der Waals surface area contributed by atoms with Crippen LogP contribution in [0, 0.1) is 11.7 Å². The van der Waals surface area contributed by atoms with Crippen molar-refractivity contribution >= 4 is 15.9 Å². The van der Waals surface area contributed by atoms with Gasteiger partial charge >= 0.3 is 0 Å². The molecular formula is C13H17FN2O4S. The van der Waals surface area contributed by atoms with Crippen LogP contribution in [0.2, 0.25) is 0 Å². The fourth-order valence-corrected chi connectivity index (χ4v) is 2.70. The van der Waals surface area contributed by atoms with Gasteiger partial charge in [0.2, 0.25) is 10.0 Å². The smallest absolute Gasteiger partial charge is 0.251 e. The fourth-order valence-electron chi connectivity index (χ4n) is 2.07. The van der Waals surface area contributed by atoms with Crippen LogP contribution in [0.15, 0.2) is 23.1 Å². The molecule has 1 aromatic rings. The van der Waals surface area contributed by atoms with E-state index in [1.807, 2.05) is 0 Å². The van der Waals surface area contributed by atoms with Crippen LogP contribution in [0.3, 0.4) is 0 Å². The third kappa shape index (κ3) is 3.78. The lowest BCUT2D eigenvalue weighted by atomic mass is 10.0. The molecule has 0 aliphatic heterocycles. The Bertz CT molecular complexity index is 669. The average Bonchev–Trinajstić information content (AvgIpc) is 3.19. The highest BCUT2D eigenvalue weighted by molar-refractivity contribution is 7.89. The standard InChI is InChI=1S/C13H17FN2O4S/c1-13(18,9-3-4-9)7-16-12(17)8-2-5-10(14)11(6-8)21(15,19)20/h2,5-6,9,18H,3-4,7H2,1H3,(H,16,17)(H2,15,19,20). The van der Waals surface area contributed by atoms with E-state index in [2.05, 4.69) is 5.32 Å². The lowest BCUT2D eigenvalue weighted by Crippen LogP contribution is -2.42. The molecule has 1 aliphatic carbocycles. The Hall–Kier alpha value is -1.51. The van der Waals surface area contributed by atoms with Crippen LogP contribution >= 0.6 is 0 Å². The van der Waals surface area contributed by atoms with Gasteiger partial charge in [0.15, 0.2) is 0 Å². The second kappa shape index (κ2) is 5.36. The minimum Gasteiger partial charge on any atom is -0.388 e. The van der Waals surface area contributed by atoms with E-state index >= 15 is 0 Å². The van der Waals surface area contributed by atoms with Crippen molar-refractivity contribution < 1.29 is 22.7 Å². The third-order valence-electron chi connectivity index (χ3n) is 3.56. The number of carbonyl (C=O) groups excluding carboxylic acids is 1. The van der Waals surface area contributed by atoms with E-state index in [9.17, 15) is 22.7 Å². The molecule has 1 aliphatic rings. The molecule has 8 heteroatoms. The lowest BCUT2D eigenvalue weighted by Gasteiger charge is -2.23. The Labute approximate surface area is 122 Å². The molecule has 0 saturated heterocycles. The Morgan fingerprint density at radius 3 is 2.67 bits per heavy atom. The molecule has 1 fully saturated rings. The Morgan fingerprint density at radius 2 is 2.14 bits per heavy atom. The molecule has 4 N–H and O–H groups in total. The SMILES string of the molecule is CC(O)(CNC(=O)c1ccc(F)c(S(N)(=O)=O)c1)C1CC1. The summed E-state index contributed by atoms with van der Waals surface area (Å²) < 4.78 is 35.8. The summed E-state index contributed by atoms with van der Waals surface area (Å²) in [4.78, 5) is 11.2. The van der Waals surface area contributed by atoms with Crippen molar-refractivity contribution in [3.63, 3.8) is 0 Å². The predicted molar refractivity (Wildman–Crippen MR) is 73.5 cm³/mol. The van der Waals surface area contributed by atoms with Gasteiger partial charge in [0, 0.05) is 12.1 Å². The highest BCUT2D eigenvalue weighted by Crippen LogP contribution is 2.39. The molecule has 1 aromatic carbocycles. The van der Waals surface area contributed by atoms with Crippen LogP contribution in [-0.2, 0) is 10.0 Å². The van der Waals surface area contributed by atoms with E-state index in [1.54, 1.807) is 6.92 Å². The van der Waals surface area contributed by atoms with Crippen LogP contribution in [0.4, 0.5) is 4.39 Å². The van der Waals surface area contributed by atoms with Gasteiger partial charge in [-0.1, -0.05) is 0 Å². The molecule has 116 valence electrons. The van der Waals surface area contributed by atoms with E-state index in [0.29, 0.717) is 0 Å². The van der Waals surface area contributed by atoms with Gasteiger partial charge in [0.1, 0.15) is 10.7 Å². The largest absolute Gasteiger partial charge is 0.388 e. The van der Waals surface area contributed by atoms with Crippen molar-refractivity contribution in [3.05, 3.63) is 29.6 Å². The maximum absolute atomic E-state index is 13.4. The summed E-state index contributed by atoms with van der Waals surface area (Å²) in [5.74, 6) is -1.45. The average molecular weight is 316 g/mol. The van der Waals surface area contributed by atoms with Crippen molar-refractivity contribution in [2.24, 2.45) is 11.1 Å². The maximum Gasteiger partial charge on any atom is 0.251 e. The van der Waals surface area contributed by atoms with Gasteiger partial charge < -0.3 is 10.4 Å². The number of nitrogens with one attached hydrogen (secondary N) is 1. The summed E-state index contributed by atoms with van der Waals surface area (Å²) in [6, 6.07) is 2.91. The minimum atomic E-state index is -4.24. The van der Waals surface area contributed by atoms with Gasteiger partial charge in [0.25, 0.3) is 5.91 Å². The molecule has 0 spiro atoms. The summed E-state index contributed by atoms with van der Waals surface area (Å²) in [5.41, 5.74) is -1.04. The van der Waals surface area contributed by atoms with Crippen LogP contribution < -0.4 is 10.5 Å². The zero-order valence-electron chi connectivity index (χ0n) is 11.5. The number of carbonyl (C=O) groups is 1. The molecule has 1 atom stereocenters. The summed E-state index contributed by atoms with van der Waals surface area (Å²) in [6.45, 7) is 1.67. The van der Waals surface area contributed by atoms with Crippen LogP contribution in [0.25, 0.3) is 0 Å². The Balaban J connectivity index is 2.13. The van der Waals surface area contributed by atoms with Gasteiger partial charge in [-0.25, -0.2) is 17.9 Å². The molecule has 21 heavy (non-hydrogen) atoms. The quantitative estimate of drug-likeness (QED) is 0.728. The molecule has 1 amide bonds. The summed E-state index contributed by atoms with van der Waals surface area (Å²) in [7, 11) is -4.24. The van der Waals surface area contributed by atoms with Crippen molar-refractivity contribution in [3.8, 4) is 0 Å². The zero-order chi connectivity index (χ0) is 15.8. The number of halogens is 1. The fraction of sp³-hybridized carbons (Fsp3) is 0.462. The van der Waals surface area contributed by atoms with E-state index in [4.69, 9.17) is 5.14 Å². The van der Waals surface area contributed by atoms with Gasteiger partial charge in [-0.15, -0.1) is 0 Å². The second-order valence-electron chi connectivity index (χ2n) is 5.50. The number of hydrogen-bond donors (Lipinski definition) is 3. The number of hydrogen-bond acceptors (Lipinski definition) is 4. The number of nitrogens with two attached hydrogens (primary N) is 1. The Morgan fingerprint density at radius 1 is 1.52 bits per heavy atom. The van der Waals surface area contributed by atoms with E-state index in [1.165, 1.54) is 0 Å². The molecule has 6 nitrogen and oxygen atoms in total. The maximum atomic E-state index is 13.4. The van der Waals surface area contributed by atoms with E-state index in [-0.39, 0.29) is 18.0 Å². The van der Waals surface area contributed by atoms with Crippen molar-refractivity contribution in [1.29, 1.82) is 0 Å². The number of primary sulfonamides is 1. The highest BCUT2D eigenvalue weighted by atomic mass is 32.2. The lowest BCUT2D eigenvalue weighted by molar-refractivity contribution is 0.0354. The second-order valence-corrected chi connectivity index (χ2v) is 7.03. The molecule has 1 saturated carbocycles. The number of amides is 1. The first-order valence-corrected chi connectivity index (χ1v) is 7.99. The molecular weight excluding hydrogens is 299 g/mol. The van der Waals surface area contributed by atoms with Crippen LogP contribution in [0.5, 0.6) is 0 Å². The first-order chi connectivity index (χ1) is 9.61. The zero-order valence-corrected chi connectivity index (χ0v) is 12.3. The number of sulfonamides is 1. The van der Waals surface area contributed by atoms with Crippen molar-refractivity contribution in [2.45, 2.75) is 30.3 Å². The van der Waals surface area contributed by atoms with E-state index < -0.39 is 32.2 Å². The first-order valence-electron chi connectivity index (χ1n) is 6.44. The number of aliphatic hydroxyl groups is 1. The molecule has 0 radical (unpaired) electrons. The molecule has 0 bridgehead atoms. The van der Waals surface area contributed by atoms with Gasteiger partial charge in [-0.3, -0.25) is 4.79 Å². The molecule has 0 aromatic heterocycles. The Kier molecular flexibility index (Phi) is 4.05. The third-order valence-corrected chi connectivity index (χ3v) is 4.49. The summed E-state index contributed by atoms with van der Waals surface area (Å²) in [5, 5.41) is 17.5. The first kappa shape index (κ1) is 15.9. The normalized spacial score (nSPS) is 18.1. The van der Waals surface area contributed by atoms with Gasteiger partial charge in [-0.05, 0) is 43.9 Å². The van der Waals surface area contributed by atoms with Crippen molar-refractivity contribution in [2.75, 3.05) is 6.54 Å². The molecule has 2 rings (SSSR count). The summed E-state index contributed by atoms with van der Waals surface area (Å²) in [6.07, 6.45) is 1.82. The molecule has 1 unspecified atom stereocenters. The van der Waals surface area contributed by atoms with Crippen LogP contribution in [-0.4, -0.2) is 31.6 Å². The van der Waals surface area contributed by atoms with E-state index in [0.717, 1.165) is 31.0 Å². The highest BCUT2D eigenvalue weighted by Gasteiger charge is 2.40. The predicted octanol–water partition coefficient (Wildman–Crippen LogP) is 0.364. The summed E-state index contributed by atoms with van der Waals surface area (Å²) >= 11 is 0. The van der Waals surface area contributed by atoms with Gasteiger partial charge in [-0.2, -0.15) is 0 Å². The topological polar surface area (TPSA) is 109 Å². The minimum absolute atomic E-state index is 0.0352. The van der Waals surface area contributed by atoms with Crippen LogP contribution in [0.1, 0.15) is 30.1 Å². The van der Waals surface area contributed by atoms with Gasteiger partial charge in [0.05, 0.1) is 5.60 Å². The monoisotopic (exact) mass is 316 g/mol.